The molecule has 0 unspecified atom stereocenters. The van der Waals surface area contributed by atoms with Gasteiger partial charge in [0.25, 0.3) is 0 Å². The summed E-state index contributed by atoms with van der Waals surface area (Å²) in [5.74, 6) is 0.888. The molecule has 174 valence electrons. The summed E-state index contributed by atoms with van der Waals surface area (Å²) in [6.45, 7) is 4.47. The molecule has 0 radical (unpaired) electrons. The third-order valence-corrected chi connectivity index (χ3v) is 5.73. The van der Waals surface area contributed by atoms with Crippen molar-refractivity contribution in [2.24, 2.45) is 0 Å². The maximum Gasteiger partial charge on any atom is 0.242 e. The summed E-state index contributed by atoms with van der Waals surface area (Å²) in [6.07, 6.45) is 1.54. The van der Waals surface area contributed by atoms with Gasteiger partial charge in [-0.2, -0.15) is 0 Å². The Labute approximate surface area is 199 Å². The Morgan fingerprint density at radius 2 is 1.78 bits per heavy atom. The number of carbonyl (C=O) groups is 2. The number of carbonyl (C=O) groups excluding carboxylic acids is 2. The van der Waals surface area contributed by atoms with E-state index in [-0.39, 0.29) is 24.8 Å². The third-order valence-electron chi connectivity index (χ3n) is 5.15. The molecule has 2 rings (SSSR count). The minimum atomic E-state index is -0.647. The van der Waals surface area contributed by atoms with Gasteiger partial charge in [-0.05, 0) is 55.2 Å². The Hall–Kier alpha value is -2.44. The second-order valence-corrected chi connectivity index (χ2v) is 8.26. The maximum atomic E-state index is 13.2. The third kappa shape index (κ3) is 7.04. The zero-order valence-electron chi connectivity index (χ0n) is 18.9. The summed E-state index contributed by atoms with van der Waals surface area (Å²) in [5, 5.41) is 3.83. The van der Waals surface area contributed by atoms with Crippen molar-refractivity contribution in [3.05, 3.63) is 57.6 Å². The first-order valence-corrected chi connectivity index (χ1v) is 11.3. The summed E-state index contributed by atoms with van der Waals surface area (Å²) in [4.78, 5) is 27.4. The molecule has 2 aromatic carbocycles. The number of benzene rings is 2. The summed E-state index contributed by atoms with van der Waals surface area (Å²) in [5.41, 5.74) is 1.66. The lowest BCUT2D eigenvalue weighted by molar-refractivity contribution is -0.140. The van der Waals surface area contributed by atoms with Crippen LogP contribution in [0.3, 0.4) is 0 Å². The standard InChI is InChI=1S/C24H30Cl2N2O4/c1-5-12-27-24(30)16(2)28(15-18-8-9-19(25)14-20(18)26)23(29)11-7-17-6-10-21(31-3)22(13-17)32-4/h6,8-10,13-14,16H,5,7,11-12,15H2,1-4H3,(H,27,30)/t16-/m0/s1. The van der Waals surface area contributed by atoms with E-state index in [1.54, 1.807) is 44.2 Å². The molecule has 8 heteroatoms. The van der Waals surface area contributed by atoms with E-state index in [2.05, 4.69) is 5.32 Å². The summed E-state index contributed by atoms with van der Waals surface area (Å²) < 4.78 is 10.6. The molecule has 1 atom stereocenters. The van der Waals surface area contributed by atoms with Crippen molar-refractivity contribution in [3.63, 3.8) is 0 Å². The summed E-state index contributed by atoms with van der Waals surface area (Å²) in [7, 11) is 3.15. The molecule has 0 aliphatic rings. The molecule has 2 amide bonds. The zero-order valence-corrected chi connectivity index (χ0v) is 20.4. The van der Waals surface area contributed by atoms with Gasteiger partial charge in [-0.15, -0.1) is 0 Å². The highest BCUT2D eigenvalue weighted by molar-refractivity contribution is 6.35. The highest BCUT2D eigenvalue weighted by Crippen LogP contribution is 2.28. The van der Waals surface area contributed by atoms with E-state index in [9.17, 15) is 9.59 Å². The molecule has 1 N–H and O–H groups in total. The summed E-state index contributed by atoms with van der Waals surface area (Å²) in [6, 6.07) is 10.0. The fourth-order valence-electron chi connectivity index (χ4n) is 3.24. The first-order chi connectivity index (χ1) is 15.3. The van der Waals surface area contributed by atoms with E-state index < -0.39 is 6.04 Å². The van der Waals surface area contributed by atoms with Gasteiger partial charge in [0.15, 0.2) is 11.5 Å². The van der Waals surface area contributed by atoms with Crippen LogP contribution < -0.4 is 14.8 Å². The quantitative estimate of drug-likeness (QED) is 0.497. The summed E-state index contributed by atoms with van der Waals surface area (Å²) >= 11 is 12.3. The van der Waals surface area contributed by atoms with Crippen LogP contribution in [0.25, 0.3) is 0 Å². The molecule has 6 nitrogen and oxygen atoms in total. The molecule has 2 aromatic rings. The van der Waals surface area contributed by atoms with Crippen LogP contribution in [-0.2, 0) is 22.6 Å². The van der Waals surface area contributed by atoms with E-state index in [0.29, 0.717) is 34.5 Å². The maximum absolute atomic E-state index is 13.2. The SMILES string of the molecule is CCCNC(=O)[C@H](C)N(Cc1ccc(Cl)cc1Cl)C(=O)CCc1ccc(OC)c(OC)c1. The Kier molecular flexibility index (Phi) is 10.1. The van der Waals surface area contributed by atoms with Crippen molar-refractivity contribution in [1.82, 2.24) is 10.2 Å². The Morgan fingerprint density at radius 1 is 1.06 bits per heavy atom. The van der Waals surface area contributed by atoms with Gasteiger partial charge >= 0.3 is 0 Å². The minimum Gasteiger partial charge on any atom is -0.493 e. The lowest BCUT2D eigenvalue weighted by Crippen LogP contribution is -2.47. The first kappa shape index (κ1) is 25.8. The lowest BCUT2D eigenvalue weighted by Gasteiger charge is -2.29. The van der Waals surface area contributed by atoms with E-state index in [1.807, 2.05) is 25.1 Å². The normalized spacial score (nSPS) is 11.6. The smallest absolute Gasteiger partial charge is 0.242 e. The van der Waals surface area contributed by atoms with Gasteiger partial charge in [0.2, 0.25) is 11.8 Å². The van der Waals surface area contributed by atoms with Gasteiger partial charge < -0.3 is 19.7 Å². The number of hydrogen-bond donors (Lipinski definition) is 1. The van der Waals surface area contributed by atoms with Gasteiger partial charge in [0.1, 0.15) is 6.04 Å². The van der Waals surface area contributed by atoms with Crippen molar-refractivity contribution in [2.45, 2.75) is 45.7 Å². The molecule has 0 bridgehead atoms. The molecule has 0 saturated heterocycles. The lowest BCUT2D eigenvalue weighted by atomic mass is 10.1. The molecule has 0 aliphatic carbocycles. The Bertz CT molecular complexity index is 936. The first-order valence-electron chi connectivity index (χ1n) is 10.5. The Balaban J connectivity index is 2.19. The molecule has 32 heavy (non-hydrogen) atoms. The number of amides is 2. The van der Waals surface area contributed by atoms with Crippen molar-refractivity contribution in [2.75, 3.05) is 20.8 Å². The van der Waals surface area contributed by atoms with Crippen LogP contribution in [0.15, 0.2) is 36.4 Å². The van der Waals surface area contributed by atoms with Crippen molar-refractivity contribution in [3.8, 4) is 11.5 Å². The zero-order chi connectivity index (χ0) is 23.7. The second-order valence-electron chi connectivity index (χ2n) is 7.41. The van der Waals surface area contributed by atoms with E-state index >= 15 is 0 Å². The highest BCUT2D eigenvalue weighted by atomic mass is 35.5. The van der Waals surface area contributed by atoms with Crippen LogP contribution in [0, 0.1) is 0 Å². The number of aryl methyl sites for hydroxylation is 1. The monoisotopic (exact) mass is 480 g/mol. The highest BCUT2D eigenvalue weighted by Gasteiger charge is 2.26. The molecular weight excluding hydrogens is 451 g/mol. The van der Waals surface area contributed by atoms with E-state index in [1.165, 1.54) is 0 Å². The molecule has 0 fully saturated rings. The molecule has 0 heterocycles. The average molecular weight is 481 g/mol. The molecular formula is C24H30Cl2N2O4. The topological polar surface area (TPSA) is 67.9 Å². The second kappa shape index (κ2) is 12.6. The van der Waals surface area contributed by atoms with Crippen LogP contribution in [0.2, 0.25) is 10.0 Å². The number of nitrogens with one attached hydrogen (secondary N) is 1. The van der Waals surface area contributed by atoms with E-state index in [0.717, 1.165) is 17.5 Å². The van der Waals surface area contributed by atoms with Crippen LogP contribution in [0.5, 0.6) is 11.5 Å². The van der Waals surface area contributed by atoms with Crippen molar-refractivity contribution in [1.29, 1.82) is 0 Å². The van der Waals surface area contributed by atoms with Crippen LogP contribution in [0.1, 0.15) is 37.8 Å². The molecule has 0 spiro atoms. The number of nitrogens with zero attached hydrogens (tertiary/aromatic N) is 1. The van der Waals surface area contributed by atoms with Gasteiger partial charge in [0.05, 0.1) is 14.2 Å². The Morgan fingerprint density at radius 3 is 2.41 bits per heavy atom. The minimum absolute atomic E-state index is 0.148. The average Bonchev–Trinajstić information content (AvgIpc) is 2.79. The van der Waals surface area contributed by atoms with Crippen molar-refractivity contribution < 1.29 is 19.1 Å². The van der Waals surface area contributed by atoms with Crippen LogP contribution in [0.4, 0.5) is 0 Å². The number of methoxy groups -OCH3 is 2. The van der Waals surface area contributed by atoms with Crippen LogP contribution in [-0.4, -0.2) is 43.5 Å². The van der Waals surface area contributed by atoms with Crippen molar-refractivity contribution >= 4 is 35.0 Å². The predicted octanol–water partition coefficient (Wildman–Crippen LogP) is 4.89. The number of rotatable bonds is 11. The van der Waals surface area contributed by atoms with Gasteiger partial charge in [0, 0.05) is 29.6 Å². The molecule has 0 saturated carbocycles. The number of halogens is 2. The largest absolute Gasteiger partial charge is 0.493 e. The fraction of sp³-hybridized carbons (Fsp3) is 0.417. The van der Waals surface area contributed by atoms with E-state index in [4.69, 9.17) is 32.7 Å². The predicted molar refractivity (Wildman–Crippen MR) is 128 cm³/mol. The van der Waals surface area contributed by atoms with Gasteiger partial charge in [-0.25, -0.2) is 0 Å². The van der Waals surface area contributed by atoms with Gasteiger partial charge in [-0.1, -0.05) is 42.3 Å². The van der Waals surface area contributed by atoms with Gasteiger partial charge in [-0.3, -0.25) is 9.59 Å². The molecule has 0 aromatic heterocycles. The number of hydrogen-bond acceptors (Lipinski definition) is 4. The molecule has 0 aliphatic heterocycles. The van der Waals surface area contributed by atoms with Crippen LogP contribution >= 0.6 is 23.2 Å². The fourth-order valence-corrected chi connectivity index (χ4v) is 3.71. The number of ether oxygens (including phenoxy) is 2.